The van der Waals surface area contributed by atoms with Crippen molar-refractivity contribution in [1.82, 2.24) is 5.32 Å². The third-order valence-corrected chi connectivity index (χ3v) is 1.51. The van der Waals surface area contributed by atoms with E-state index < -0.39 is 0 Å². The highest BCUT2D eigenvalue weighted by atomic mass is 14.9. The molecule has 0 aliphatic rings. The molecule has 0 fully saturated rings. The van der Waals surface area contributed by atoms with E-state index in [0.29, 0.717) is 0 Å². The molecule has 1 nitrogen and oxygen atoms in total. The van der Waals surface area contributed by atoms with Gasteiger partial charge in [-0.05, 0) is 12.5 Å². The molecule has 1 heteroatoms. The van der Waals surface area contributed by atoms with Crippen molar-refractivity contribution in [3.8, 4) is 0 Å². The third-order valence-electron chi connectivity index (χ3n) is 1.51. The van der Waals surface area contributed by atoms with E-state index in [0.717, 1.165) is 17.8 Å². The maximum atomic E-state index is 3.90. The predicted molar refractivity (Wildman–Crippen MR) is 49.2 cm³/mol. The highest BCUT2D eigenvalue weighted by molar-refractivity contribution is 5.61. The van der Waals surface area contributed by atoms with Gasteiger partial charge >= 0.3 is 0 Å². The van der Waals surface area contributed by atoms with Gasteiger partial charge in [0.15, 0.2) is 0 Å². The van der Waals surface area contributed by atoms with Gasteiger partial charge in [0, 0.05) is 12.2 Å². The van der Waals surface area contributed by atoms with Crippen LogP contribution < -0.4 is 5.32 Å². The summed E-state index contributed by atoms with van der Waals surface area (Å²) in [4.78, 5) is 0. The minimum absolute atomic E-state index is 0.924. The van der Waals surface area contributed by atoms with Crippen molar-refractivity contribution in [3.63, 3.8) is 0 Å². The van der Waals surface area contributed by atoms with Gasteiger partial charge in [-0.2, -0.15) is 0 Å². The Morgan fingerprint density at radius 2 is 2.00 bits per heavy atom. The fraction of sp³-hybridized carbons (Fsp3) is 0.200. The molecule has 1 rings (SSSR count). The van der Waals surface area contributed by atoms with Crippen molar-refractivity contribution in [2.24, 2.45) is 0 Å². The van der Waals surface area contributed by atoms with E-state index in [1.165, 1.54) is 0 Å². The van der Waals surface area contributed by atoms with Gasteiger partial charge in [0.05, 0.1) is 0 Å². The van der Waals surface area contributed by atoms with E-state index in [-0.39, 0.29) is 0 Å². The summed E-state index contributed by atoms with van der Waals surface area (Å²) in [6.45, 7) is 6.89. The van der Waals surface area contributed by atoms with Crippen LogP contribution in [0.15, 0.2) is 36.9 Å². The van der Waals surface area contributed by atoms with Crippen LogP contribution in [0.4, 0.5) is 0 Å². The molecule has 0 aliphatic heterocycles. The summed E-state index contributed by atoms with van der Waals surface area (Å²) in [6, 6.07) is 10.1. The quantitative estimate of drug-likeness (QED) is 0.691. The number of benzene rings is 1. The van der Waals surface area contributed by atoms with Gasteiger partial charge in [-0.3, -0.25) is 0 Å². The Balaban J connectivity index is 2.69. The van der Waals surface area contributed by atoms with Crippen molar-refractivity contribution in [2.75, 3.05) is 6.54 Å². The average Bonchev–Trinajstić information content (AvgIpc) is 2.07. The van der Waals surface area contributed by atoms with Gasteiger partial charge in [-0.25, -0.2) is 0 Å². The highest BCUT2D eigenvalue weighted by Gasteiger charge is 1.92. The Labute approximate surface area is 67.8 Å². The lowest BCUT2D eigenvalue weighted by Gasteiger charge is -2.05. The zero-order valence-electron chi connectivity index (χ0n) is 6.80. The van der Waals surface area contributed by atoms with E-state index in [1.807, 2.05) is 30.3 Å². The van der Waals surface area contributed by atoms with Crippen LogP contribution in [0.25, 0.3) is 5.70 Å². The molecule has 11 heavy (non-hydrogen) atoms. The van der Waals surface area contributed by atoms with E-state index in [2.05, 4.69) is 18.8 Å². The minimum atomic E-state index is 0.924. The topological polar surface area (TPSA) is 12.0 Å². The molecule has 0 bridgehead atoms. The molecule has 1 N–H and O–H groups in total. The molecule has 0 aromatic heterocycles. The molecular formula is C10H13N. The Hall–Kier alpha value is -1.24. The number of nitrogens with one attached hydrogen (secondary N) is 1. The average molecular weight is 147 g/mol. The number of hydrogen-bond acceptors (Lipinski definition) is 1. The van der Waals surface area contributed by atoms with E-state index >= 15 is 0 Å². The minimum Gasteiger partial charge on any atom is -0.385 e. The van der Waals surface area contributed by atoms with Gasteiger partial charge in [0.25, 0.3) is 0 Å². The lowest BCUT2D eigenvalue weighted by molar-refractivity contribution is 0.942. The lowest BCUT2D eigenvalue weighted by atomic mass is 10.2. The Bertz CT molecular complexity index is 226. The molecule has 0 saturated heterocycles. The smallest absolute Gasteiger partial charge is 0.0340 e. The third kappa shape index (κ3) is 2.11. The van der Waals surface area contributed by atoms with Crippen molar-refractivity contribution < 1.29 is 0 Å². The van der Waals surface area contributed by atoms with E-state index in [4.69, 9.17) is 0 Å². The molecule has 0 radical (unpaired) electrons. The zero-order chi connectivity index (χ0) is 8.10. The van der Waals surface area contributed by atoms with Gasteiger partial charge in [-0.1, -0.05) is 36.9 Å². The van der Waals surface area contributed by atoms with Gasteiger partial charge in [0.2, 0.25) is 0 Å². The van der Waals surface area contributed by atoms with Gasteiger partial charge in [-0.15, -0.1) is 0 Å². The summed E-state index contributed by atoms with van der Waals surface area (Å²) in [5.74, 6) is 0. The van der Waals surface area contributed by atoms with Crippen LogP contribution >= 0.6 is 0 Å². The van der Waals surface area contributed by atoms with E-state index in [9.17, 15) is 0 Å². The fourth-order valence-corrected chi connectivity index (χ4v) is 0.955. The van der Waals surface area contributed by atoms with Crippen molar-refractivity contribution in [2.45, 2.75) is 6.92 Å². The molecular weight excluding hydrogens is 134 g/mol. The first-order valence-electron chi connectivity index (χ1n) is 3.82. The SMILES string of the molecule is C=C(NCC)c1ccccc1. The van der Waals surface area contributed by atoms with Crippen LogP contribution in [0.5, 0.6) is 0 Å². The fourth-order valence-electron chi connectivity index (χ4n) is 0.955. The monoisotopic (exact) mass is 147 g/mol. The maximum absolute atomic E-state index is 3.90. The predicted octanol–water partition coefficient (Wildman–Crippen LogP) is 2.27. The Morgan fingerprint density at radius 1 is 1.36 bits per heavy atom. The molecule has 58 valence electrons. The highest BCUT2D eigenvalue weighted by Crippen LogP contribution is 2.06. The van der Waals surface area contributed by atoms with Crippen LogP contribution in [-0.2, 0) is 0 Å². The largest absolute Gasteiger partial charge is 0.385 e. The summed E-state index contributed by atoms with van der Waals surface area (Å²) < 4.78 is 0. The first-order chi connectivity index (χ1) is 5.34. The molecule has 1 aromatic carbocycles. The van der Waals surface area contributed by atoms with Crippen molar-refractivity contribution >= 4 is 5.70 Å². The lowest BCUT2D eigenvalue weighted by Crippen LogP contribution is -2.09. The molecule has 0 unspecified atom stereocenters. The zero-order valence-corrected chi connectivity index (χ0v) is 6.80. The molecule has 0 saturated carbocycles. The van der Waals surface area contributed by atoms with Crippen LogP contribution in [0.2, 0.25) is 0 Å². The standard InChI is InChI=1S/C10H13N/c1-3-11-9(2)10-7-5-4-6-8-10/h4-8,11H,2-3H2,1H3. The molecule has 0 amide bonds. The molecule has 0 atom stereocenters. The number of rotatable bonds is 3. The Kier molecular flexibility index (Phi) is 2.73. The summed E-state index contributed by atoms with van der Waals surface area (Å²) in [5, 5.41) is 3.17. The van der Waals surface area contributed by atoms with Crippen molar-refractivity contribution in [1.29, 1.82) is 0 Å². The van der Waals surface area contributed by atoms with Crippen LogP contribution in [0.1, 0.15) is 12.5 Å². The summed E-state index contributed by atoms with van der Waals surface area (Å²) in [5.41, 5.74) is 2.16. The molecule has 0 aliphatic carbocycles. The van der Waals surface area contributed by atoms with Crippen LogP contribution in [0.3, 0.4) is 0 Å². The molecule has 0 heterocycles. The number of hydrogen-bond donors (Lipinski definition) is 1. The first kappa shape index (κ1) is 7.86. The van der Waals surface area contributed by atoms with Crippen LogP contribution in [-0.4, -0.2) is 6.54 Å². The summed E-state index contributed by atoms with van der Waals surface area (Å²) >= 11 is 0. The molecule has 1 aromatic rings. The van der Waals surface area contributed by atoms with E-state index in [1.54, 1.807) is 0 Å². The second kappa shape index (κ2) is 3.81. The van der Waals surface area contributed by atoms with Gasteiger partial charge in [0.1, 0.15) is 0 Å². The van der Waals surface area contributed by atoms with Gasteiger partial charge < -0.3 is 5.32 Å². The van der Waals surface area contributed by atoms with Crippen LogP contribution in [0, 0.1) is 0 Å². The first-order valence-corrected chi connectivity index (χ1v) is 3.82. The summed E-state index contributed by atoms with van der Waals surface area (Å²) in [7, 11) is 0. The normalized spacial score (nSPS) is 9.18. The summed E-state index contributed by atoms with van der Waals surface area (Å²) in [6.07, 6.45) is 0. The van der Waals surface area contributed by atoms with Crippen molar-refractivity contribution in [3.05, 3.63) is 42.5 Å². The molecule has 0 spiro atoms. The second-order valence-corrected chi connectivity index (χ2v) is 2.37. The second-order valence-electron chi connectivity index (χ2n) is 2.37. The Morgan fingerprint density at radius 3 is 2.55 bits per heavy atom. The maximum Gasteiger partial charge on any atom is 0.0340 e.